The van der Waals surface area contributed by atoms with Gasteiger partial charge in [-0.05, 0) is 31.5 Å². The molecule has 2 amide bonds. The number of likely N-dealkylation sites (tertiary alicyclic amines) is 1. The van der Waals surface area contributed by atoms with Crippen molar-refractivity contribution in [2.45, 2.75) is 12.8 Å². The van der Waals surface area contributed by atoms with Gasteiger partial charge >= 0.3 is 0 Å². The Morgan fingerprint density at radius 3 is 2.40 bits per heavy atom. The van der Waals surface area contributed by atoms with Gasteiger partial charge in [-0.15, -0.1) is 0 Å². The van der Waals surface area contributed by atoms with Crippen LogP contribution >= 0.6 is 0 Å². The second-order valence-electron chi connectivity index (χ2n) is 5.34. The number of carbonyl (C=O) groups excluding carboxylic acids is 3. The number of hydrogen-bond donors (Lipinski definition) is 0. The summed E-state index contributed by atoms with van der Waals surface area (Å²) in [5, 5.41) is 0. The first kappa shape index (κ1) is 13.0. The third-order valence-corrected chi connectivity index (χ3v) is 3.95. The molecule has 1 saturated heterocycles. The van der Waals surface area contributed by atoms with E-state index in [1.54, 1.807) is 24.3 Å². The molecule has 20 heavy (non-hydrogen) atoms. The SMILES string of the molecule is O=CC1CCCN(CN2C(=O)c3ccccc3C2=O)C1. The number of piperidine rings is 1. The van der Waals surface area contributed by atoms with Crippen molar-refractivity contribution in [3.63, 3.8) is 0 Å². The van der Waals surface area contributed by atoms with Gasteiger partial charge < -0.3 is 4.79 Å². The summed E-state index contributed by atoms with van der Waals surface area (Å²) in [5.41, 5.74) is 0.947. The normalized spacial score (nSPS) is 23.0. The smallest absolute Gasteiger partial charge is 0.262 e. The van der Waals surface area contributed by atoms with E-state index in [0.29, 0.717) is 17.7 Å². The van der Waals surface area contributed by atoms with E-state index in [2.05, 4.69) is 0 Å². The molecule has 0 bridgehead atoms. The lowest BCUT2D eigenvalue weighted by Crippen LogP contribution is -2.45. The molecular formula is C15H16N2O3. The Morgan fingerprint density at radius 1 is 1.15 bits per heavy atom. The Hall–Kier alpha value is -2.01. The molecule has 0 saturated carbocycles. The van der Waals surface area contributed by atoms with Gasteiger partial charge in [0.2, 0.25) is 0 Å². The van der Waals surface area contributed by atoms with Crippen LogP contribution < -0.4 is 0 Å². The van der Waals surface area contributed by atoms with Crippen molar-refractivity contribution in [3.05, 3.63) is 35.4 Å². The van der Waals surface area contributed by atoms with Crippen molar-refractivity contribution in [2.24, 2.45) is 5.92 Å². The maximum atomic E-state index is 12.2. The molecule has 104 valence electrons. The van der Waals surface area contributed by atoms with E-state index in [1.165, 1.54) is 4.90 Å². The molecule has 2 aliphatic rings. The molecule has 1 aromatic rings. The van der Waals surface area contributed by atoms with E-state index in [-0.39, 0.29) is 24.4 Å². The van der Waals surface area contributed by atoms with Crippen molar-refractivity contribution in [1.29, 1.82) is 0 Å². The van der Waals surface area contributed by atoms with Gasteiger partial charge in [0.25, 0.3) is 11.8 Å². The highest BCUT2D eigenvalue weighted by molar-refractivity contribution is 6.21. The molecule has 0 radical (unpaired) electrons. The minimum absolute atomic E-state index is 0.0129. The first-order chi connectivity index (χ1) is 9.70. The van der Waals surface area contributed by atoms with Crippen LogP contribution in [0.5, 0.6) is 0 Å². The molecule has 0 spiro atoms. The van der Waals surface area contributed by atoms with Gasteiger partial charge in [0, 0.05) is 12.5 Å². The van der Waals surface area contributed by atoms with Crippen LogP contribution in [-0.4, -0.2) is 47.7 Å². The van der Waals surface area contributed by atoms with Gasteiger partial charge in [-0.2, -0.15) is 0 Å². The first-order valence-corrected chi connectivity index (χ1v) is 6.83. The van der Waals surface area contributed by atoms with Crippen molar-refractivity contribution in [2.75, 3.05) is 19.8 Å². The molecule has 1 atom stereocenters. The van der Waals surface area contributed by atoms with Gasteiger partial charge in [-0.1, -0.05) is 12.1 Å². The van der Waals surface area contributed by atoms with Gasteiger partial charge in [0.15, 0.2) is 0 Å². The van der Waals surface area contributed by atoms with Crippen LogP contribution in [0.15, 0.2) is 24.3 Å². The van der Waals surface area contributed by atoms with Gasteiger partial charge in [-0.25, -0.2) is 0 Å². The second-order valence-corrected chi connectivity index (χ2v) is 5.34. The molecule has 3 rings (SSSR count). The van der Waals surface area contributed by atoms with Crippen LogP contribution in [0.3, 0.4) is 0 Å². The Kier molecular flexibility index (Phi) is 3.36. The summed E-state index contributed by atoms with van der Waals surface area (Å²) in [6.45, 7) is 1.71. The highest BCUT2D eigenvalue weighted by Crippen LogP contribution is 2.23. The van der Waals surface area contributed by atoms with E-state index in [9.17, 15) is 14.4 Å². The number of hydrogen-bond acceptors (Lipinski definition) is 4. The molecule has 1 unspecified atom stereocenters. The fraction of sp³-hybridized carbons (Fsp3) is 0.400. The molecule has 2 heterocycles. The predicted molar refractivity (Wildman–Crippen MR) is 72.2 cm³/mol. The van der Waals surface area contributed by atoms with Crippen LogP contribution in [-0.2, 0) is 4.79 Å². The fourth-order valence-corrected chi connectivity index (χ4v) is 2.90. The molecule has 0 aromatic heterocycles. The topological polar surface area (TPSA) is 57.7 Å². The largest absolute Gasteiger partial charge is 0.303 e. The van der Waals surface area contributed by atoms with E-state index >= 15 is 0 Å². The van der Waals surface area contributed by atoms with E-state index < -0.39 is 0 Å². The summed E-state index contributed by atoms with van der Waals surface area (Å²) >= 11 is 0. The number of aldehydes is 1. The Morgan fingerprint density at radius 2 is 1.80 bits per heavy atom. The van der Waals surface area contributed by atoms with Crippen molar-refractivity contribution in [1.82, 2.24) is 9.80 Å². The summed E-state index contributed by atoms with van der Waals surface area (Å²) in [5.74, 6) is -0.461. The van der Waals surface area contributed by atoms with E-state index in [0.717, 1.165) is 25.7 Å². The van der Waals surface area contributed by atoms with Crippen molar-refractivity contribution in [3.8, 4) is 0 Å². The number of carbonyl (C=O) groups is 3. The van der Waals surface area contributed by atoms with Gasteiger partial charge in [0.1, 0.15) is 6.29 Å². The summed E-state index contributed by atoms with van der Waals surface area (Å²) in [6.07, 6.45) is 2.78. The third-order valence-electron chi connectivity index (χ3n) is 3.95. The number of imide groups is 1. The maximum Gasteiger partial charge on any atom is 0.262 e. The molecular weight excluding hydrogens is 256 g/mol. The van der Waals surface area contributed by atoms with Crippen LogP contribution in [0.25, 0.3) is 0 Å². The quantitative estimate of drug-likeness (QED) is 0.612. The fourth-order valence-electron chi connectivity index (χ4n) is 2.90. The van der Waals surface area contributed by atoms with Crippen LogP contribution in [0, 0.1) is 5.92 Å². The van der Waals surface area contributed by atoms with Crippen molar-refractivity contribution >= 4 is 18.1 Å². The number of fused-ring (bicyclic) bond motifs is 1. The van der Waals surface area contributed by atoms with Crippen LogP contribution in [0.1, 0.15) is 33.6 Å². The minimum Gasteiger partial charge on any atom is -0.303 e. The monoisotopic (exact) mass is 272 g/mol. The van der Waals surface area contributed by atoms with Gasteiger partial charge in [-0.3, -0.25) is 19.4 Å². The van der Waals surface area contributed by atoms with Crippen molar-refractivity contribution < 1.29 is 14.4 Å². The zero-order valence-electron chi connectivity index (χ0n) is 11.1. The molecule has 1 aromatic carbocycles. The zero-order chi connectivity index (χ0) is 14.1. The highest BCUT2D eigenvalue weighted by atomic mass is 16.2. The maximum absolute atomic E-state index is 12.2. The minimum atomic E-state index is -0.237. The lowest BCUT2D eigenvalue weighted by atomic mass is 10.0. The molecule has 0 aliphatic carbocycles. The van der Waals surface area contributed by atoms with Crippen LogP contribution in [0.2, 0.25) is 0 Å². The number of amides is 2. The standard InChI is InChI=1S/C15H16N2O3/c18-9-11-4-3-7-16(8-11)10-17-14(19)12-5-1-2-6-13(12)15(17)20/h1-2,5-6,9,11H,3-4,7-8,10H2. The number of nitrogens with zero attached hydrogens (tertiary/aromatic N) is 2. The summed E-state index contributed by atoms with van der Waals surface area (Å²) in [4.78, 5) is 38.6. The summed E-state index contributed by atoms with van der Waals surface area (Å²) in [6, 6.07) is 6.88. The lowest BCUT2D eigenvalue weighted by molar-refractivity contribution is -0.112. The molecule has 5 heteroatoms. The lowest BCUT2D eigenvalue weighted by Gasteiger charge is -2.32. The predicted octanol–water partition coefficient (Wildman–Crippen LogP) is 1.15. The second kappa shape index (κ2) is 5.17. The molecule has 1 fully saturated rings. The third kappa shape index (κ3) is 2.14. The Bertz CT molecular complexity index is 535. The molecule has 5 nitrogen and oxygen atoms in total. The highest BCUT2D eigenvalue weighted by Gasteiger charge is 2.36. The van der Waals surface area contributed by atoms with Crippen LogP contribution in [0.4, 0.5) is 0 Å². The Labute approximate surface area is 117 Å². The van der Waals surface area contributed by atoms with E-state index in [1.807, 2.05) is 4.90 Å². The van der Waals surface area contributed by atoms with Gasteiger partial charge in [0.05, 0.1) is 17.8 Å². The average molecular weight is 272 g/mol. The summed E-state index contributed by atoms with van der Waals surface area (Å²) in [7, 11) is 0. The Balaban J connectivity index is 1.75. The number of benzene rings is 1. The molecule has 0 N–H and O–H groups in total. The van der Waals surface area contributed by atoms with E-state index in [4.69, 9.17) is 0 Å². The number of rotatable bonds is 3. The zero-order valence-corrected chi connectivity index (χ0v) is 11.1. The molecule has 2 aliphatic heterocycles. The first-order valence-electron chi connectivity index (χ1n) is 6.83. The summed E-state index contributed by atoms with van der Waals surface area (Å²) < 4.78 is 0. The average Bonchev–Trinajstić information content (AvgIpc) is 2.73.